The van der Waals surface area contributed by atoms with E-state index in [0.29, 0.717) is 5.15 Å². The third kappa shape index (κ3) is 4.39. The normalized spacial score (nSPS) is 10.0. The molecule has 0 atom stereocenters. The number of aromatic nitrogens is 1. The lowest BCUT2D eigenvalue weighted by molar-refractivity contribution is 0.342. The Morgan fingerprint density at radius 3 is 3.00 bits per heavy atom. The van der Waals surface area contributed by atoms with Gasteiger partial charge in [0, 0.05) is 5.75 Å². The lowest BCUT2D eigenvalue weighted by atomic mass is 10.5. The van der Waals surface area contributed by atoms with Gasteiger partial charge in [-0.3, -0.25) is 0 Å². The monoisotopic (exact) mass is 217 g/mol. The molecule has 0 aromatic carbocycles. The summed E-state index contributed by atoms with van der Waals surface area (Å²) in [5.41, 5.74) is 0. The maximum Gasteiger partial charge on any atom is 0.137 e. The van der Waals surface area contributed by atoms with E-state index in [4.69, 9.17) is 16.3 Å². The predicted octanol–water partition coefficient (Wildman–Crippen LogP) is 2.87. The largest absolute Gasteiger partial charge is 0.491 e. The van der Waals surface area contributed by atoms with Crippen molar-refractivity contribution >= 4 is 23.4 Å². The van der Waals surface area contributed by atoms with Gasteiger partial charge in [0.2, 0.25) is 0 Å². The first kappa shape index (κ1) is 10.7. The molecular formula is C9H12ClNOS. The van der Waals surface area contributed by atoms with Gasteiger partial charge in [-0.25, -0.2) is 4.98 Å². The van der Waals surface area contributed by atoms with Crippen LogP contribution in [0.25, 0.3) is 0 Å². The highest BCUT2D eigenvalue weighted by Gasteiger charge is 1.93. The third-order valence-electron chi connectivity index (χ3n) is 1.40. The number of nitrogens with zero attached hydrogens (tertiary/aromatic N) is 1. The van der Waals surface area contributed by atoms with Gasteiger partial charge in [0.15, 0.2) is 0 Å². The standard InChI is InChI=1S/C9H12ClNOS/c1-2-13-6-5-12-8-3-4-9(10)11-7-8/h3-4,7H,2,5-6H2,1H3. The molecule has 0 N–H and O–H groups in total. The van der Waals surface area contributed by atoms with Gasteiger partial charge in [-0.2, -0.15) is 11.8 Å². The van der Waals surface area contributed by atoms with E-state index in [1.807, 2.05) is 17.8 Å². The molecule has 2 nitrogen and oxygen atoms in total. The van der Waals surface area contributed by atoms with Gasteiger partial charge < -0.3 is 4.74 Å². The van der Waals surface area contributed by atoms with Crippen molar-refractivity contribution < 1.29 is 4.74 Å². The number of hydrogen-bond acceptors (Lipinski definition) is 3. The van der Waals surface area contributed by atoms with E-state index < -0.39 is 0 Å². The molecule has 1 aromatic heterocycles. The number of hydrogen-bond donors (Lipinski definition) is 0. The van der Waals surface area contributed by atoms with Gasteiger partial charge in [0.05, 0.1) is 12.8 Å². The van der Waals surface area contributed by atoms with Crippen LogP contribution in [0.15, 0.2) is 18.3 Å². The molecule has 13 heavy (non-hydrogen) atoms. The maximum atomic E-state index is 5.62. The number of pyridine rings is 1. The van der Waals surface area contributed by atoms with Crippen molar-refractivity contribution in [3.63, 3.8) is 0 Å². The Labute approximate surface area is 87.7 Å². The summed E-state index contributed by atoms with van der Waals surface area (Å²) in [5, 5.41) is 0.496. The molecule has 0 aliphatic carbocycles. The smallest absolute Gasteiger partial charge is 0.137 e. The summed E-state index contributed by atoms with van der Waals surface area (Å²) in [7, 11) is 0. The highest BCUT2D eigenvalue weighted by Crippen LogP contribution is 2.12. The molecular weight excluding hydrogens is 206 g/mol. The first-order valence-corrected chi connectivity index (χ1v) is 5.68. The van der Waals surface area contributed by atoms with Crippen LogP contribution in [-0.4, -0.2) is 23.1 Å². The molecule has 0 radical (unpaired) electrons. The SMILES string of the molecule is CCSCCOc1ccc(Cl)nc1. The average molecular weight is 218 g/mol. The molecule has 4 heteroatoms. The molecule has 0 spiro atoms. The molecule has 0 saturated heterocycles. The van der Waals surface area contributed by atoms with Crippen LogP contribution in [0.4, 0.5) is 0 Å². The van der Waals surface area contributed by atoms with Crippen molar-refractivity contribution in [2.24, 2.45) is 0 Å². The zero-order chi connectivity index (χ0) is 9.52. The van der Waals surface area contributed by atoms with Crippen LogP contribution in [0, 0.1) is 0 Å². The molecule has 1 aromatic rings. The minimum absolute atomic E-state index is 0.496. The minimum Gasteiger partial charge on any atom is -0.491 e. The summed E-state index contributed by atoms with van der Waals surface area (Å²) < 4.78 is 5.42. The maximum absolute atomic E-state index is 5.62. The fraction of sp³-hybridized carbons (Fsp3) is 0.444. The van der Waals surface area contributed by atoms with Gasteiger partial charge >= 0.3 is 0 Å². The Morgan fingerprint density at radius 2 is 2.38 bits per heavy atom. The number of thioether (sulfide) groups is 1. The van der Waals surface area contributed by atoms with Gasteiger partial charge in [-0.1, -0.05) is 18.5 Å². The summed E-state index contributed by atoms with van der Waals surface area (Å²) in [6.45, 7) is 2.86. The van der Waals surface area contributed by atoms with E-state index in [0.717, 1.165) is 23.9 Å². The summed E-state index contributed by atoms with van der Waals surface area (Å²) in [6.07, 6.45) is 1.64. The van der Waals surface area contributed by atoms with E-state index in [2.05, 4.69) is 11.9 Å². The molecule has 0 amide bonds. The van der Waals surface area contributed by atoms with Crippen LogP contribution in [0.1, 0.15) is 6.92 Å². The Morgan fingerprint density at radius 1 is 1.54 bits per heavy atom. The van der Waals surface area contributed by atoms with Gasteiger partial charge in [0.1, 0.15) is 10.9 Å². The Bertz CT molecular complexity index is 240. The fourth-order valence-electron chi connectivity index (χ4n) is 0.810. The van der Waals surface area contributed by atoms with Crippen molar-refractivity contribution in [1.82, 2.24) is 4.98 Å². The van der Waals surface area contributed by atoms with Gasteiger partial charge in [-0.05, 0) is 17.9 Å². The topological polar surface area (TPSA) is 22.1 Å². The average Bonchev–Trinajstić information content (AvgIpc) is 2.15. The Kier molecular flexibility index (Phi) is 5.01. The second-order valence-electron chi connectivity index (χ2n) is 2.36. The molecule has 0 fully saturated rings. The molecule has 0 bridgehead atoms. The van der Waals surface area contributed by atoms with Crippen LogP contribution in [0.3, 0.4) is 0 Å². The predicted molar refractivity (Wildman–Crippen MR) is 57.7 cm³/mol. The van der Waals surface area contributed by atoms with E-state index >= 15 is 0 Å². The quantitative estimate of drug-likeness (QED) is 0.560. The zero-order valence-corrected chi connectivity index (χ0v) is 9.07. The van der Waals surface area contributed by atoms with Crippen LogP contribution >= 0.6 is 23.4 Å². The van der Waals surface area contributed by atoms with E-state index in [-0.39, 0.29) is 0 Å². The molecule has 72 valence electrons. The van der Waals surface area contributed by atoms with E-state index in [1.54, 1.807) is 12.3 Å². The highest BCUT2D eigenvalue weighted by atomic mass is 35.5. The Hall–Kier alpha value is -0.410. The van der Waals surface area contributed by atoms with Gasteiger partial charge in [-0.15, -0.1) is 0 Å². The lowest BCUT2D eigenvalue weighted by Gasteiger charge is -2.04. The lowest BCUT2D eigenvalue weighted by Crippen LogP contribution is -2.00. The zero-order valence-electron chi connectivity index (χ0n) is 7.50. The Balaban J connectivity index is 2.25. The van der Waals surface area contributed by atoms with Gasteiger partial charge in [0.25, 0.3) is 0 Å². The minimum atomic E-state index is 0.496. The number of halogens is 1. The van der Waals surface area contributed by atoms with E-state index in [9.17, 15) is 0 Å². The molecule has 1 heterocycles. The summed E-state index contributed by atoms with van der Waals surface area (Å²) in [5.74, 6) is 2.92. The fourth-order valence-corrected chi connectivity index (χ4v) is 1.41. The molecule has 0 unspecified atom stereocenters. The van der Waals surface area contributed by atoms with Crippen molar-refractivity contribution in [1.29, 1.82) is 0 Å². The molecule has 1 rings (SSSR count). The third-order valence-corrected chi connectivity index (χ3v) is 2.49. The molecule has 0 aliphatic rings. The summed E-state index contributed by atoms with van der Waals surface area (Å²) in [6, 6.07) is 3.55. The van der Waals surface area contributed by atoms with Crippen LogP contribution in [0.2, 0.25) is 5.15 Å². The van der Waals surface area contributed by atoms with Crippen molar-refractivity contribution in [2.45, 2.75) is 6.92 Å². The first-order valence-electron chi connectivity index (χ1n) is 4.15. The molecule has 0 aliphatic heterocycles. The molecule has 0 saturated carbocycles. The van der Waals surface area contributed by atoms with Crippen molar-refractivity contribution in [3.05, 3.63) is 23.5 Å². The van der Waals surface area contributed by atoms with Crippen LogP contribution in [0.5, 0.6) is 5.75 Å². The summed E-state index contributed by atoms with van der Waals surface area (Å²) in [4.78, 5) is 3.91. The number of ether oxygens (including phenoxy) is 1. The van der Waals surface area contributed by atoms with E-state index in [1.165, 1.54) is 0 Å². The summed E-state index contributed by atoms with van der Waals surface area (Å²) >= 11 is 7.48. The highest BCUT2D eigenvalue weighted by molar-refractivity contribution is 7.99. The van der Waals surface area contributed by atoms with Crippen molar-refractivity contribution in [2.75, 3.05) is 18.1 Å². The number of rotatable bonds is 5. The van der Waals surface area contributed by atoms with Crippen LogP contribution < -0.4 is 4.74 Å². The van der Waals surface area contributed by atoms with Crippen molar-refractivity contribution in [3.8, 4) is 5.75 Å². The first-order chi connectivity index (χ1) is 6.33. The second kappa shape index (κ2) is 6.11. The second-order valence-corrected chi connectivity index (χ2v) is 4.14. The van der Waals surface area contributed by atoms with Crippen LogP contribution in [-0.2, 0) is 0 Å².